The second-order valence-corrected chi connectivity index (χ2v) is 1.43. The Morgan fingerprint density at radius 1 is 0.692 bits per heavy atom. The summed E-state index contributed by atoms with van der Waals surface area (Å²) < 4.78 is 0. The van der Waals surface area contributed by atoms with Crippen molar-refractivity contribution in [3.63, 3.8) is 0 Å². The fourth-order valence-corrected chi connectivity index (χ4v) is 0. The summed E-state index contributed by atoms with van der Waals surface area (Å²) in [6.07, 6.45) is 0. The zero-order chi connectivity index (χ0) is 11.7. The van der Waals surface area contributed by atoms with Gasteiger partial charge in [0.05, 0.1) is 0 Å². The molecular formula is C4H17O8P. The van der Waals surface area contributed by atoms with Gasteiger partial charge in [-0.3, -0.25) is 0 Å². The molecule has 0 spiro atoms. The molecule has 0 aromatic carbocycles. The van der Waals surface area contributed by atoms with E-state index in [0.29, 0.717) is 0 Å². The second kappa shape index (κ2) is 40.0. The van der Waals surface area contributed by atoms with E-state index in [1.54, 1.807) is 9.24 Å². The van der Waals surface area contributed by atoms with Crippen LogP contribution in [0.25, 0.3) is 0 Å². The van der Waals surface area contributed by atoms with Crippen molar-refractivity contribution in [3.8, 4) is 0 Å². The Morgan fingerprint density at radius 2 is 0.692 bits per heavy atom. The highest BCUT2D eigenvalue weighted by atomic mass is 31.0. The molecule has 0 aromatic rings. The smallest absolute Gasteiger partial charge is 0.164 e. The van der Waals surface area contributed by atoms with Gasteiger partial charge >= 0.3 is 0 Å². The van der Waals surface area contributed by atoms with Gasteiger partial charge in [-0.2, -0.15) is 0 Å². The molecule has 0 radical (unpaired) electrons. The molecule has 0 heterocycles. The maximum atomic E-state index is 7.57. The Morgan fingerprint density at radius 3 is 0.692 bits per heavy atom. The highest BCUT2D eigenvalue weighted by Gasteiger charge is 1.70. The Balaban J connectivity index is -0.0000000420. The van der Waals surface area contributed by atoms with Crippen LogP contribution >= 0.6 is 9.24 Å². The lowest BCUT2D eigenvalue weighted by molar-refractivity contribution is 0.0395. The molecule has 0 fully saturated rings. The molecule has 1 atom stereocenters. The molecule has 0 saturated heterocycles. The van der Waals surface area contributed by atoms with Crippen LogP contribution in [-0.2, 0) is 0 Å². The Kier molecular flexibility index (Phi) is 71.4. The molecule has 0 amide bonds. The third kappa shape index (κ3) is 102000. The van der Waals surface area contributed by atoms with Gasteiger partial charge in [-0.25, -0.2) is 0 Å². The average molecular weight is 224 g/mol. The van der Waals surface area contributed by atoms with Crippen LogP contribution < -0.4 is 0 Å². The predicted molar refractivity (Wildman–Crippen MR) is 45.8 cm³/mol. The van der Waals surface area contributed by atoms with E-state index in [1.807, 2.05) is 0 Å². The van der Waals surface area contributed by atoms with Crippen molar-refractivity contribution < 1.29 is 40.9 Å². The lowest BCUT2D eigenvalue weighted by Gasteiger charge is -1.80. The van der Waals surface area contributed by atoms with Crippen molar-refractivity contribution in [3.05, 3.63) is 0 Å². The summed E-state index contributed by atoms with van der Waals surface area (Å²) in [6.45, 7) is -2.25. The molecule has 86 valence electrons. The molecule has 1 unspecified atom stereocenters. The molecule has 9 heteroatoms. The van der Waals surface area contributed by atoms with Crippen molar-refractivity contribution in [2.75, 3.05) is 20.4 Å². The number of hydrogen-bond acceptors (Lipinski definition) is 8. The number of rotatable bonds is 0. The van der Waals surface area contributed by atoms with Crippen LogP contribution in [0.2, 0.25) is 0 Å². The summed E-state index contributed by atoms with van der Waals surface area (Å²) in [4.78, 5) is 0. The predicted octanol–water partition coefficient (Wildman–Crippen LogP) is -4.08. The van der Waals surface area contributed by atoms with E-state index >= 15 is 0 Å². The molecule has 0 aliphatic rings. The fourth-order valence-electron chi connectivity index (χ4n) is 0. The zero-order valence-electron chi connectivity index (χ0n) is 6.85. The van der Waals surface area contributed by atoms with Crippen molar-refractivity contribution in [2.45, 2.75) is 6.03 Å². The summed E-state index contributed by atoms with van der Waals surface area (Å²) >= 11 is 0. The molecule has 0 bridgehead atoms. The van der Waals surface area contributed by atoms with Crippen LogP contribution in [-0.4, -0.2) is 67.3 Å². The van der Waals surface area contributed by atoms with Crippen molar-refractivity contribution >= 4 is 9.24 Å². The quantitative estimate of drug-likeness (QED) is 0.152. The van der Waals surface area contributed by atoms with E-state index < -0.39 is 26.4 Å². The topological polar surface area (TPSA) is 162 Å². The monoisotopic (exact) mass is 224 g/mol. The van der Waals surface area contributed by atoms with Crippen molar-refractivity contribution in [1.82, 2.24) is 0 Å². The van der Waals surface area contributed by atoms with Gasteiger partial charge in [0.15, 0.2) is 6.03 Å². The summed E-state index contributed by atoms with van der Waals surface area (Å²) in [7, 11) is 1.77. The molecule has 0 aromatic heterocycles. The van der Waals surface area contributed by atoms with Crippen molar-refractivity contribution in [1.29, 1.82) is 0 Å². The summed E-state index contributed by atoms with van der Waals surface area (Å²) in [5, 5.41) is 57.9. The first-order chi connectivity index (χ1) is 5.97. The van der Waals surface area contributed by atoms with Gasteiger partial charge in [0, 0.05) is 0 Å². The van der Waals surface area contributed by atoms with Gasteiger partial charge in [-0.05, 0) is 0 Å². The van der Waals surface area contributed by atoms with E-state index in [-0.39, 0.29) is 0 Å². The largest absolute Gasteiger partial charge is 0.371 e. The summed E-state index contributed by atoms with van der Waals surface area (Å²) in [6, 6.07) is -1.25. The molecule has 0 aliphatic heterocycles. The zero-order valence-corrected chi connectivity index (χ0v) is 8.01. The lowest BCUT2D eigenvalue weighted by Crippen LogP contribution is -1.85. The van der Waals surface area contributed by atoms with E-state index in [9.17, 15) is 0 Å². The molecule has 0 rings (SSSR count). The highest BCUT2D eigenvalue weighted by molar-refractivity contribution is 7.16. The van der Waals surface area contributed by atoms with Crippen LogP contribution in [0.4, 0.5) is 0 Å². The third-order valence-electron chi connectivity index (χ3n) is 0. The molecular weight excluding hydrogens is 207 g/mol. The number of aliphatic hydroxyl groups excluding tert-OH is 4. The SMILES string of the molecule is OC(O)P.OCO.OCO.OCO. The summed E-state index contributed by atoms with van der Waals surface area (Å²) in [5.74, 6) is 0. The molecule has 0 aliphatic carbocycles. The maximum absolute atomic E-state index is 7.57. The van der Waals surface area contributed by atoms with Gasteiger partial charge in [0.2, 0.25) is 0 Å². The minimum atomic E-state index is -1.25. The van der Waals surface area contributed by atoms with Gasteiger partial charge in [0.25, 0.3) is 0 Å². The third-order valence-corrected chi connectivity index (χ3v) is 0. The van der Waals surface area contributed by atoms with Crippen LogP contribution in [0.15, 0.2) is 0 Å². The van der Waals surface area contributed by atoms with Crippen molar-refractivity contribution in [2.24, 2.45) is 0 Å². The summed E-state index contributed by atoms with van der Waals surface area (Å²) in [5.41, 5.74) is 0. The normalized spacial score (nSPS) is 6.92. The van der Waals surface area contributed by atoms with Gasteiger partial charge in [-0.1, -0.05) is 9.24 Å². The first-order valence-electron chi connectivity index (χ1n) is 2.75. The second-order valence-electron chi connectivity index (χ2n) is 0.838. The highest BCUT2D eigenvalue weighted by Crippen LogP contribution is 1.81. The van der Waals surface area contributed by atoms with Gasteiger partial charge in [-0.15, -0.1) is 0 Å². The standard InChI is InChI=1S/CH5O2P.3CH4O2/c2-1(3)4;3*2-1-3/h1-3H,4H2;3*2-3H,1H2. The Labute approximate surface area is 77.5 Å². The van der Waals surface area contributed by atoms with Crippen LogP contribution in [0.1, 0.15) is 0 Å². The minimum absolute atomic E-state index is 0.750. The first-order valence-corrected chi connectivity index (χ1v) is 3.41. The first kappa shape index (κ1) is 23.2. The van der Waals surface area contributed by atoms with E-state index in [0.717, 1.165) is 0 Å². The van der Waals surface area contributed by atoms with E-state index in [1.165, 1.54) is 0 Å². The van der Waals surface area contributed by atoms with E-state index in [2.05, 4.69) is 0 Å². The van der Waals surface area contributed by atoms with Gasteiger partial charge in [0.1, 0.15) is 20.4 Å². The maximum Gasteiger partial charge on any atom is 0.164 e. The minimum Gasteiger partial charge on any atom is -0.371 e. The molecule has 8 nitrogen and oxygen atoms in total. The Bertz CT molecular complexity index is 37.6. The van der Waals surface area contributed by atoms with E-state index in [4.69, 9.17) is 40.9 Å². The number of aliphatic hydroxyl groups is 8. The number of hydrogen-bond donors (Lipinski definition) is 8. The molecule has 0 saturated carbocycles. The fraction of sp³-hybridized carbons (Fsp3) is 1.00. The average Bonchev–Trinajstić information content (AvgIpc) is 1.88. The van der Waals surface area contributed by atoms with Crippen LogP contribution in [0.5, 0.6) is 0 Å². The lowest BCUT2D eigenvalue weighted by atomic mass is 11.5. The molecule has 8 N–H and O–H groups in total. The van der Waals surface area contributed by atoms with Gasteiger partial charge < -0.3 is 40.9 Å². The molecule has 13 heavy (non-hydrogen) atoms. The van der Waals surface area contributed by atoms with Crippen LogP contribution in [0.3, 0.4) is 0 Å². The Hall–Kier alpha value is 0.110. The van der Waals surface area contributed by atoms with Crippen LogP contribution in [0, 0.1) is 0 Å².